The highest BCUT2D eigenvalue weighted by Crippen LogP contribution is 2.29. The number of fused-ring (bicyclic) bond motifs is 1. The third kappa shape index (κ3) is 7.52. The molecule has 2 saturated heterocycles. The van der Waals surface area contributed by atoms with Gasteiger partial charge in [-0.2, -0.15) is 0 Å². The van der Waals surface area contributed by atoms with Crippen LogP contribution in [0, 0.1) is 0 Å². The lowest BCUT2D eigenvalue weighted by Crippen LogP contribution is -2.48. The second-order valence-electron chi connectivity index (χ2n) is 12.3. The zero-order valence-electron chi connectivity index (χ0n) is 25.8. The SMILES string of the molecule is CN1CCN(C(=O)CNc2nc(/C3=C/C=C(N4CCN(C)CC4)\C=C/CC3)nc3c2CN(Cc2ccccc2)CC3)CC1. The average Bonchev–Trinajstić information content (AvgIpc) is 3.01. The highest BCUT2D eigenvalue weighted by molar-refractivity contribution is 5.81. The first-order chi connectivity index (χ1) is 21.0. The number of likely N-dealkylation sites (N-methyl/N-ethyl adjacent to an activating group) is 2. The fraction of sp³-hybridized carbons (Fsp3) is 0.500. The van der Waals surface area contributed by atoms with Crippen molar-refractivity contribution in [2.45, 2.75) is 32.4 Å². The molecule has 1 N–H and O–H groups in total. The van der Waals surface area contributed by atoms with E-state index in [1.807, 2.05) is 4.90 Å². The molecule has 4 heterocycles. The van der Waals surface area contributed by atoms with E-state index in [2.05, 4.69) is 93.6 Å². The van der Waals surface area contributed by atoms with Crippen LogP contribution in [0.1, 0.15) is 35.5 Å². The smallest absolute Gasteiger partial charge is 0.242 e. The number of benzene rings is 1. The van der Waals surface area contributed by atoms with Crippen LogP contribution in [0.15, 0.2) is 60.3 Å². The number of piperazine rings is 2. The molecule has 1 aromatic carbocycles. The Morgan fingerprint density at radius 2 is 1.60 bits per heavy atom. The van der Waals surface area contributed by atoms with E-state index in [9.17, 15) is 4.79 Å². The normalized spacial score (nSPS) is 23.8. The zero-order valence-corrected chi connectivity index (χ0v) is 25.8. The molecule has 1 aromatic heterocycles. The van der Waals surface area contributed by atoms with Crippen LogP contribution in [0.4, 0.5) is 5.82 Å². The molecule has 4 aliphatic rings. The van der Waals surface area contributed by atoms with Gasteiger partial charge in [-0.3, -0.25) is 9.69 Å². The van der Waals surface area contributed by atoms with Gasteiger partial charge in [-0.1, -0.05) is 42.5 Å². The van der Waals surface area contributed by atoms with Crippen molar-refractivity contribution in [3.63, 3.8) is 0 Å². The van der Waals surface area contributed by atoms with E-state index in [0.29, 0.717) is 0 Å². The van der Waals surface area contributed by atoms with Crippen LogP contribution in [-0.4, -0.2) is 120 Å². The van der Waals surface area contributed by atoms with Crippen LogP contribution < -0.4 is 5.32 Å². The number of rotatable bonds is 7. The van der Waals surface area contributed by atoms with Gasteiger partial charge in [0.2, 0.25) is 5.91 Å². The van der Waals surface area contributed by atoms with Crippen LogP contribution in [-0.2, 0) is 24.3 Å². The molecular weight excluding hydrogens is 536 g/mol. The maximum Gasteiger partial charge on any atom is 0.242 e. The van der Waals surface area contributed by atoms with E-state index in [-0.39, 0.29) is 12.5 Å². The average molecular weight is 583 g/mol. The van der Waals surface area contributed by atoms with Crippen molar-refractivity contribution in [3.8, 4) is 0 Å². The number of carbonyl (C=O) groups is 1. The predicted molar refractivity (Wildman–Crippen MR) is 172 cm³/mol. The number of carbonyl (C=O) groups excluding carboxylic acids is 1. The van der Waals surface area contributed by atoms with Crippen molar-refractivity contribution in [3.05, 3.63) is 83.0 Å². The second kappa shape index (κ2) is 13.8. The van der Waals surface area contributed by atoms with Gasteiger partial charge in [-0.15, -0.1) is 0 Å². The quantitative estimate of drug-likeness (QED) is 0.534. The Morgan fingerprint density at radius 3 is 2.37 bits per heavy atom. The van der Waals surface area contributed by atoms with Crippen molar-refractivity contribution in [1.29, 1.82) is 0 Å². The van der Waals surface area contributed by atoms with Gasteiger partial charge >= 0.3 is 0 Å². The summed E-state index contributed by atoms with van der Waals surface area (Å²) < 4.78 is 0. The fourth-order valence-corrected chi connectivity index (χ4v) is 6.29. The summed E-state index contributed by atoms with van der Waals surface area (Å²) in [6.07, 6.45) is 11.7. The van der Waals surface area contributed by atoms with E-state index >= 15 is 0 Å². The number of hydrogen-bond donors (Lipinski definition) is 1. The summed E-state index contributed by atoms with van der Waals surface area (Å²) in [4.78, 5) is 35.0. The van der Waals surface area contributed by atoms with Crippen molar-refractivity contribution in [2.75, 3.05) is 84.9 Å². The maximum absolute atomic E-state index is 13.2. The third-order valence-corrected chi connectivity index (χ3v) is 9.13. The van der Waals surface area contributed by atoms with Crippen molar-refractivity contribution < 1.29 is 4.79 Å². The standard InChI is InChI=1S/C34H46N8O/c1-38-16-20-41(21-17-38)29-11-7-6-10-28(12-13-29)33-36-31-14-15-40(25-27-8-4-3-5-9-27)26-30(31)34(37-33)35-24-32(43)42-22-18-39(2)19-23-42/h3-5,7-9,11-13H,6,10,14-26H2,1-2H3,(H,35,36,37)/b11-7-,28-12+,29-13+. The first-order valence-corrected chi connectivity index (χ1v) is 15.9. The minimum Gasteiger partial charge on any atom is -0.369 e. The molecule has 43 heavy (non-hydrogen) atoms. The van der Waals surface area contributed by atoms with Crippen LogP contribution in [0.5, 0.6) is 0 Å². The van der Waals surface area contributed by atoms with Crippen LogP contribution >= 0.6 is 0 Å². The molecule has 0 bridgehead atoms. The Labute approximate surface area is 256 Å². The molecule has 0 atom stereocenters. The summed E-state index contributed by atoms with van der Waals surface area (Å²) in [6, 6.07) is 10.6. The molecule has 1 aliphatic carbocycles. The third-order valence-electron chi connectivity index (χ3n) is 9.13. The number of anilines is 1. The van der Waals surface area contributed by atoms with Gasteiger partial charge < -0.3 is 24.9 Å². The molecule has 2 aromatic rings. The Hall–Kier alpha value is -3.53. The number of allylic oxidation sites excluding steroid dienone is 5. The molecule has 228 valence electrons. The Kier molecular flexibility index (Phi) is 9.51. The Bertz CT molecular complexity index is 1350. The van der Waals surface area contributed by atoms with Crippen LogP contribution in [0.3, 0.4) is 0 Å². The molecule has 9 heteroatoms. The first kappa shape index (κ1) is 29.5. The molecule has 0 saturated carbocycles. The number of hydrogen-bond acceptors (Lipinski definition) is 8. The maximum atomic E-state index is 13.2. The number of amides is 1. The zero-order chi connectivity index (χ0) is 29.6. The molecule has 6 rings (SSSR count). The minimum atomic E-state index is 0.133. The molecule has 3 aliphatic heterocycles. The van der Waals surface area contributed by atoms with Gasteiger partial charge in [0.25, 0.3) is 0 Å². The van der Waals surface area contributed by atoms with E-state index in [4.69, 9.17) is 9.97 Å². The molecule has 0 unspecified atom stereocenters. The lowest BCUT2D eigenvalue weighted by atomic mass is 10.0. The lowest BCUT2D eigenvalue weighted by Gasteiger charge is -2.34. The molecule has 0 radical (unpaired) electrons. The minimum absolute atomic E-state index is 0.133. The summed E-state index contributed by atoms with van der Waals surface area (Å²) in [5.41, 5.74) is 5.94. The van der Waals surface area contributed by atoms with Gasteiger partial charge in [0.15, 0.2) is 5.82 Å². The first-order valence-electron chi connectivity index (χ1n) is 15.9. The highest BCUT2D eigenvalue weighted by Gasteiger charge is 2.25. The summed E-state index contributed by atoms with van der Waals surface area (Å²) in [5.74, 6) is 1.73. The van der Waals surface area contributed by atoms with E-state index < -0.39 is 0 Å². The summed E-state index contributed by atoms with van der Waals surface area (Å²) in [7, 11) is 4.30. The van der Waals surface area contributed by atoms with Crippen molar-refractivity contribution >= 4 is 17.3 Å². The topological polar surface area (TPSA) is 71.1 Å². The van der Waals surface area contributed by atoms with E-state index in [1.54, 1.807) is 0 Å². The highest BCUT2D eigenvalue weighted by atomic mass is 16.2. The van der Waals surface area contributed by atoms with Crippen molar-refractivity contribution in [1.82, 2.24) is 34.5 Å². The van der Waals surface area contributed by atoms with E-state index in [1.165, 1.54) is 11.3 Å². The second-order valence-corrected chi connectivity index (χ2v) is 12.3. The molecule has 9 nitrogen and oxygen atoms in total. The van der Waals surface area contributed by atoms with Gasteiger partial charge in [0.1, 0.15) is 5.82 Å². The van der Waals surface area contributed by atoms with Crippen molar-refractivity contribution in [2.24, 2.45) is 0 Å². The van der Waals surface area contributed by atoms with Crippen LogP contribution in [0.25, 0.3) is 5.57 Å². The number of aromatic nitrogens is 2. The number of nitrogens with one attached hydrogen (secondary N) is 1. The number of nitrogens with zero attached hydrogens (tertiary/aromatic N) is 7. The molecular formula is C34H46N8O. The Balaban J connectivity index is 1.25. The fourth-order valence-electron chi connectivity index (χ4n) is 6.29. The molecule has 2 fully saturated rings. The largest absolute Gasteiger partial charge is 0.369 e. The molecule has 1 amide bonds. The lowest BCUT2D eigenvalue weighted by molar-refractivity contribution is -0.130. The summed E-state index contributed by atoms with van der Waals surface area (Å²) in [5, 5.41) is 3.49. The van der Waals surface area contributed by atoms with Gasteiger partial charge in [0, 0.05) is 89.7 Å². The summed E-state index contributed by atoms with van der Waals surface area (Å²) >= 11 is 0. The summed E-state index contributed by atoms with van der Waals surface area (Å²) in [6.45, 7) is 10.5. The van der Waals surface area contributed by atoms with E-state index in [0.717, 1.165) is 120 Å². The predicted octanol–water partition coefficient (Wildman–Crippen LogP) is 3.09. The van der Waals surface area contributed by atoms with Gasteiger partial charge in [-0.25, -0.2) is 9.97 Å². The monoisotopic (exact) mass is 582 g/mol. The molecule has 0 spiro atoms. The van der Waals surface area contributed by atoms with Gasteiger partial charge in [-0.05, 0) is 50.2 Å². The van der Waals surface area contributed by atoms with Gasteiger partial charge in [0.05, 0.1) is 12.2 Å². The Morgan fingerprint density at radius 1 is 0.860 bits per heavy atom. The van der Waals surface area contributed by atoms with Crippen LogP contribution in [0.2, 0.25) is 0 Å².